The molecular weight excluding hydrogens is 421 g/mol. The molecule has 0 atom stereocenters. The van der Waals surface area contributed by atoms with Gasteiger partial charge in [0.15, 0.2) is 11.6 Å². The van der Waals surface area contributed by atoms with Crippen molar-refractivity contribution in [3.05, 3.63) is 84.2 Å². The van der Waals surface area contributed by atoms with E-state index in [1.165, 1.54) is 6.07 Å². The molecule has 33 heavy (non-hydrogen) atoms. The number of carbonyl (C=O) groups excluding carboxylic acids is 1. The lowest BCUT2D eigenvalue weighted by molar-refractivity contribution is 0.0320. The van der Waals surface area contributed by atoms with Crippen molar-refractivity contribution in [3.8, 4) is 16.9 Å². The Kier molecular flexibility index (Phi) is 7.90. The first kappa shape index (κ1) is 22.8. The number of hydrogen-bond acceptors (Lipinski definition) is 4. The van der Waals surface area contributed by atoms with Gasteiger partial charge in [0.05, 0.1) is 13.2 Å². The van der Waals surface area contributed by atoms with E-state index in [1.807, 2.05) is 48.5 Å². The predicted octanol–water partition coefficient (Wildman–Crippen LogP) is 4.53. The maximum absolute atomic E-state index is 14.6. The SMILES string of the molecule is O=C(NCc1ccccc1)Nc1ccc(-c2ccc(OCCN3CCOCC3)c(F)c2)cc1. The van der Waals surface area contributed by atoms with E-state index in [2.05, 4.69) is 15.5 Å². The molecule has 4 rings (SSSR count). The van der Waals surface area contributed by atoms with Crippen molar-refractivity contribution in [2.24, 2.45) is 0 Å². The minimum absolute atomic E-state index is 0.250. The van der Waals surface area contributed by atoms with Gasteiger partial charge in [0, 0.05) is 31.9 Å². The molecule has 0 aliphatic carbocycles. The van der Waals surface area contributed by atoms with Crippen LogP contribution in [0, 0.1) is 5.82 Å². The summed E-state index contributed by atoms with van der Waals surface area (Å²) in [7, 11) is 0. The van der Waals surface area contributed by atoms with Crippen LogP contribution in [0.3, 0.4) is 0 Å². The number of halogens is 1. The van der Waals surface area contributed by atoms with E-state index in [4.69, 9.17) is 9.47 Å². The number of amides is 2. The Morgan fingerprint density at radius 3 is 2.42 bits per heavy atom. The fraction of sp³-hybridized carbons (Fsp3) is 0.269. The Morgan fingerprint density at radius 1 is 0.970 bits per heavy atom. The third-order valence-electron chi connectivity index (χ3n) is 5.47. The van der Waals surface area contributed by atoms with Gasteiger partial charge < -0.3 is 20.1 Å². The fourth-order valence-electron chi connectivity index (χ4n) is 3.61. The largest absolute Gasteiger partial charge is 0.489 e. The summed E-state index contributed by atoms with van der Waals surface area (Å²) in [6.07, 6.45) is 0. The van der Waals surface area contributed by atoms with Crippen LogP contribution >= 0.6 is 0 Å². The average molecular weight is 450 g/mol. The number of nitrogens with zero attached hydrogens (tertiary/aromatic N) is 1. The molecule has 6 nitrogen and oxygen atoms in total. The predicted molar refractivity (Wildman–Crippen MR) is 127 cm³/mol. The molecule has 0 saturated carbocycles. The van der Waals surface area contributed by atoms with Gasteiger partial charge >= 0.3 is 6.03 Å². The molecule has 1 aliphatic heterocycles. The van der Waals surface area contributed by atoms with Crippen LogP contribution in [0.15, 0.2) is 72.8 Å². The van der Waals surface area contributed by atoms with Crippen molar-refractivity contribution in [2.75, 3.05) is 44.8 Å². The normalized spacial score (nSPS) is 14.0. The molecule has 0 bridgehead atoms. The van der Waals surface area contributed by atoms with Crippen molar-refractivity contribution >= 4 is 11.7 Å². The summed E-state index contributed by atoms with van der Waals surface area (Å²) >= 11 is 0. The van der Waals surface area contributed by atoms with Gasteiger partial charge in [-0.25, -0.2) is 9.18 Å². The standard InChI is InChI=1S/C26H28FN3O3/c27-24-18-22(8-11-25(24)33-17-14-30-12-15-32-16-13-30)21-6-9-23(10-7-21)29-26(31)28-19-20-4-2-1-3-5-20/h1-11,18H,12-17,19H2,(H2,28,29,31). The highest BCUT2D eigenvalue weighted by molar-refractivity contribution is 5.89. The Balaban J connectivity index is 1.27. The third-order valence-corrected chi connectivity index (χ3v) is 5.47. The monoisotopic (exact) mass is 449 g/mol. The molecule has 3 aromatic carbocycles. The maximum Gasteiger partial charge on any atom is 0.319 e. The Hall–Kier alpha value is -3.42. The summed E-state index contributed by atoms with van der Waals surface area (Å²) < 4.78 is 25.5. The number of anilines is 1. The van der Waals surface area contributed by atoms with Crippen LogP contribution < -0.4 is 15.4 Å². The summed E-state index contributed by atoms with van der Waals surface area (Å²) in [6, 6.07) is 21.7. The molecule has 0 unspecified atom stereocenters. The van der Waals surface area contributed by atoms with Crippen LogP contribution in [-0.4, -0.2) is 50.4 Å². The van der Waals surface area contributed by atoms with Gasteiger partial charge in [-0.05, 0) is 41.0 Å². The topological polar surface area (TPSA) is 62.8 Å². The molecule has 0 aromatic heterocycles. The Bertz CT molecular complexity index is 1040. The average Bonchev–Trinajstić information content (AvgIpc) is 2.85. The molecule has 0 radical (unpaired) electrons. The van der Waals surface area contributed by atoms with Crippen molar-refractivity contribution in [3.63, 3.8) is 0 Å². The molecule has 2 amide bonds. The molecule has 1 fully saturated rings. The number of ether oxygens (including phenoxy) is 2. The number of rotatable bonds is 8. The van der Waals surface area contributed by atoms with Crippen LogP contribution in [-0.2, 0) is 11.3 Å². The summed E-state index contributed by atoms with van der Waals surface area (Å²) in [6.45, 7) is 4.85. The summed E-state index contributed by atoms with van der Waals surface area (Å²) in [5.74, 6) is -0.141. The number of hydrogen-bond donors (Lipinski definition) is 2. The molecular formula is C26H28FN3O3. The third kappa shape index (κ3) is 6.78. The van der Waals surface area contributed by atoms with Gasteiger partial charge in [0.25, 0.3) is 0 Å². The zero-order chi connectivity index (χ0) is 22.9. The number of carbonyl (C=O) groups is 1. The Morgan fingerprint density at radius 2 is 1.70 bits per heavy atom. The molecule has 3 aromatic rings. The van der Waals surface area contributed by atoms with Crippen molar-refractivity contribution in [2.45, 2.75) is 6.54 Å². The lowest BCUT2D eigenvalue weighted by atomic mass is 10.0. The molecule has 2 N–H and O–H groups in total. The highest BCUT2D eigenvalue weighted by Gasteiger charge is 2.11. The van der Waals surface area contributed by atoms with Gasteiger partial charge in [-0.3, -0.25) is 4.90 Å². The van der Waals surface area contributed by atoms with Gasteiger partial charge in [0.1, 0.15) is 6.61 Å². The lowest BCUT2D eigenvalue weighted by Gasteiger charge is -2.26. The van der Waals surface area contributed by atoms with Gasteiger partial charge in [-0.1, -0.05) is 48.5 Å². The molecule has 1 aliphatic rings. The number of benzene rings is 3. The van der Waals surface area contributed by atoms with E-state index in [1.54, 1.807) is 18.2 Å². The number of urea groups is 1. The van der Waals surface area contributed by atoms with Crippen LogP contribution in [0.5, 0.6) is 5.75 Å². The second-order valence-electron chi connectivity index (χ2n) is 7.82. The van der Waals surface area contributed by atoms with E-state index in [0.717, 1.165) is 49.5 Å². The number of nitrogens with one attached hydrogen (secondary N) is 2. The second-order valence-corrected chi connectivity index (χ2v) is 7.82. The van der Waals surface area contributed by atoms with E-state index in [9.17, 15) is 9.18 Å². The van der Waals surface area contributed by atoms with Crippen LogP contribution in [0.2, 0.25) is 0 Å². The van der Waals surface area contributed by atoms with Crippen molar-refractivity contribution in [1.29, 1.82) is 0 Å². The zero-order valence-electron chi connectivity index (χ0n) is 18.4. The van der Waals surface area contributed by atoms with Gasteiger partial charge in [0.2, 0.25) is 0 Å². The fourth-order valence-corrected chi connectivity index (χ4v) is 3.61. The first-order valence-electron chi connectivity index (χ1n) is 11.1. The molecule has 7 heteroatoms. The van der Waals surface area contributed by atoms with Crippen LogP contribution in [0.4, 0.5) is 14.9 Å². The maximum atomic E-state index is 14.6. The molecule has 172 valence electrons. The molecule has 0 spiro atoms. The lowest BCUT2D eigenvalue weighted by Crippen LogP contribution is -2.38. The van der Waals surface area contributed by atoms with E-state index >= 15 is 0 Å². The summed E-state index contributed by atoms with van der Waals surface area (Å²) in [5, 5.41) is 5.63. The molecule has 1 saturated heterocycles. The summed E-state index contributed by atoms with van der Waals surface area (Å²) in [4.78, 5) is 14.4. The minimum Gasteiger partial charge on any atom is -0.489 e. The van der Waals surface area contributed by atoms with E-state index in [0.29, 0.717) is 18.8 Å². The minimum atomic E-state index is -0.392. The van der Waals surface area contributed by atoms with Crippen LogP contribution in [0.25, 0.3) is 11.1 Å². The Labute approximate surface area is 193 Å². The van der Waals surface area contributed by atoms with Crippen LogP contribution in [0.1, 0.15) is 5.56 Å². The van der Waals surface area contributed by atoms with Crippen molar-refractivity contribution in [1.82, 2.24) is 10.2 Å². The molecule has 1 heterocycles. The van der Waals surface area contributed by atoms with E-state index < -0.39 is 5.82 Å². The quantitative estimate of drug-likeness (QED) is 0.531. The van der Waals surface area contributed by atoms with Crippen molar-refractivity contribution < 1.29 is 18.7 Å². The first-order valence-corrected chi connectivity index (χ1v) is 11.1. The zero-order valence-corrected chi connectivity index (χ0v) is 18.4. The first-order chi connectivity index (χ1) is 16.2. The highest BCUT2D eigenvalue weighted by atomic mass is 19.1. The number of morpholine rings is 1. The van der Waals surface area contributed by atoms with E-state index in [-0.39, 0.29) is 11.8 Å². The van der Waals surface area contributed by atoms with Gasteiger partial charge in [-0.15, -0.1) is 0 Å². The highest BCUT2D eigenvalue weighted by Crippen LogP contribution is 2.26. The summed E-state index contributed by atoms with van der Waals surface area (Å²) in [5.41, 5.74) is 3.28. The smallest absolute Gasteiger partial charge is 0.319 e. The second kappa shape index (κ2) is 11.4. The van der Waals surface area contributed by atoms with Gasteiger partial charge in [-0.2, -0.15) is 0 Å².